The molecule has 108 valence electrons. The largest absolute Gasteiger partial charge is 0.330 e. The number of nitrogens with zero attached hydrogens (tertiary/aromatic N) is 1. The van der Waals surface area contributed by atoms with E-state index in [4.69, 9.17) is 17.3 Å². The van der Waals surface area contributed by atoms with Gasteiger partial charge in [-0.2, -0.15) is 0 Å². The van der Waals surface area contributed by atoms with Crippen molar-refractivity contribution in [3.05, 3.63) is 63.3 Å². The summed E-state index contributed by atoms with van der Waals surface area (Å²) in [6.45, 7) is 2.74. The molecule has 0 aliphatic heterocycles. The minimum Gasteiger partial charge on any atom is -0.330 e. The van der Waals surface area contributed by atoms with Gasteiger partial charge in [-0.05, 0) is 51.7 Å². The van der Waals surface area contributed by atoms with Crippen LogP contribution in [-0.2, 0) is 0 Å². The van der Waals surface area contributed by atoms with Crippen molar-refractivity contribution in [2.75, 3.05) is 6.54 Å². The molecule has 20 heavy (non-hydrogen) atoms. The van der Waals surface area contributed by atoms with Crippen LogP contribution >= 0.6 is 39.9 Å². The van der Waals surface area contributed by atoms with Crippen molar-refractivity contribution >= 4 is 39.9 Å². The van der Waals surface area contributed by atoms with Gasteiger partial charge in [0.05, 0.1) is 0 Å². The highest BCUT2D eigenvalue weighted by molar-refractivity contribution is 9.10. The van der Waals surface area contributed by atoms with Crippen LogP contribution in [-0.4, -0.2) is 11.5 Å². The number of hydrogen-bond acceptors (Lipinski definition) is 2. The first-order valence-electron chi connectivity index (χ1n) is 6.19. The number of rotatable bonds is 4. The van der Waals surface area contributed by atoms with Gasteiger partial charge in [-0.15, -0.1) is 12.4 Å². The third-order valence-electron chi connectivity index (χ3n) is 3.38. The molecule has 2 unspecified atom stereocenters. The van der Waals surface area contributed by atoms with E-state index in [2.05, 4.69) is 40.0 Å². The van der Waals surface area contributed by atoms with Crippen molar-refractivity contribution in [3.63, 3.8) is 0 Å². The van der Waals surface area contributed by atoms with Gasteiger partial charge in [0, 0.05) is 33.8 Å². The fourth-order valence-electron chi connectivity index (χ4n) is 2.19. The van der Waals surface area contributed by atoms with Crippen LogP contribution in [0, 0.1) is 0 Å². The summed E-state index contributed by atoms with van der Waals surface area (Å²) >= 11 is 9.32. The average Bonchev–Trinajstić information content (AvgIpc) is 2.42. The molecule has 1 aromatic carbocycles. The lowest BCUT2D eigenvalue weighted by Crippen LogP contribution is -2.19. The molecule has 5 heteroatoms. The summed E-state index contributed by atoms with van der Waals surface area (Å²) in [4.78, 5) is 4.46. The van der Waals surface area contributed by atoms with Crippen LogP contribution in [0.2, 0.25) is 5.02 Å². The van der Waals surface area contributed by atoms with Crippen LogP contribution in [0.25, 0.3) is 0 Å². The lowest BCUT2D eigenvalue weighted by atomic mass is 9.85. The predicted molar refractivity (Wildman–Crippen MR) is 90.8 cm³/mol. The second kappa shape index (κ2) is 7.99. The van der Waals surface area contributed by atoms with E-state index in [1.165, 1.54) is 5.56 Å². The van der Waals surface area contributed by atoms with Gasteiger partial charge in [0.2, 0.25) is 0 Å². The van der Waals surface area contributed by atoms with Crippen molar-refractivity contribution in [2.24, 2.45) is 5.73 Å². The highest BCUT2D eigenvalue weighted by atomic mass is 79.9. The normalized spacial score (nSPS) is 13.4. The number of halogens is 3. The minimum absolute atomic E-state index is 0. The molecule has 0 saturated heterocycles. The highest BCUT2D eigenvalue weighted by Gasteiger charge is 2.20. The van der Waals surface area contributed by atoms with E-state index in [1.807, 2.05) is 30.5 Å². The molecule has 0 fully saturated rings. The van der Waals surface area contributed by atoms with Crippen molar-refractivity contribution in [1.29, 1.82) is 0 Å². The summed E-state index contributed by atoms with van der Waals surface area (Å²) in [7, 11) is 0. The topological polar surface area (TPSA) is 38.9 Å². The third-order valence-corrected chi connectivity index (χ3v) is 4.10. The first-order valence-corrected chi connectivity index (χ1v) is 7.36. The van der Waals surface area contributed by atoms with E-state index in [0.29, 0.717) is 12.5 Å². The van der Waals surface area contributed by atoms with Crippen molar-refractivity contribution < 1.29 is 0 Å². The molecular formula is C15H17BrCl2N2. The number of pyridine rings is 1. The van der Waals surface area contributed by atoms with E-state index in [0.717, 1.165) is 15.2 Å². The summed E-state index contributed by atoms with van der Waals surface area (Å²) in [6.07, 6.45) is 1.81. The number of nitrogens with two attached hydrogens (primary N) is 1. The Morgan fingerprint density at radius 1 is 1.20 bits per heavy atom. The molecule has 0 radical (unpaired) electrons. The third kappa shape index (κ3) is 4.19. The molecule has 0 aliphatic carbocycles. The fourth-order valence-corrected chi connectivity index (χ4v) is 2.55. The molecule has 2 rings (SSSR count). The molecule has 1 aromatic heterocycles. The van der Waals surface area contributed by atoms with E-state index in [9.17, 15) is 0 Å². The van der Waals surface area contributed by atoms with Crippen LogP contribution in [0.15, 0.2) is 47.1 Å². The van der Waals surface area contributed by atoms with Crippen LogP contribution in [0.4, 0.5) is 0 Å². The smallest absolute Gasteiger partial charge is 0.0454 e. The molecule has 2 aromatic rings. The van der Waals surface area contributed by atoms with Gasteiger partial charge in [0.15, 0.2) is 0 Å². The summed E-state index contributed by atoms with van der Waals surface area (Å²) in [5.41, 5.74) is 8.18. The molecule has 0 saturated carbocycles. The standard InChI is InChI=1S/C15H16BrClN2.ClH/c1-10(11-2-5-13(17)6-3-11)14(8-18)15-7-4-12(16)9-19-15;/h2-7,9-10,14H,8,18H2,1H3;1H. The molecule has 0 bridgehead atoms. The van der Waals surface area contributed by atoms with Gasteiger partial charge in [-0.25, -0.2) is 0 Å². The maximum absolute atomic E-state index is 5.93. The van der Waals surface area contributed by atoms with Crippen LogP contribution in [0.5, 0.6) is 0 Å². The minimum atomic E-state index is 0. The van der Waals surface area contributed by atoms with Gasteiger partial charge < -0.3 is 5.73 Å². The van der Waals surface area contributed by atoms with Crippen molar-refractivity contribution in [3.8, 4) is 0 Å². The zero-order valence-electron chi connectivity index (χ0n) is 11.1. The Labute approximate surface area is 139 Å². The number of aromatic nitrogens is 1. The maximum Gasteiger partial charge on any atom is 0.0454 e. The first-order chi connectivity index (χ1) is 9.11. The van der Waals surface area contributed by atoms with E-state index >= 15 is 0 Å². The molecule has 0 spiro atoms. The Morgan fingerprint density at radius 3 is 2.35 bits per heavy atom. The fraction of sp³-hybridized carbons (Fsp3) is 0.267. The monoisotopic (exact) mass is 374 g/mol. The summed E-state index contributed by atoms with van der Waals surface area (Å²) < 4.78 is 0.978. The van der Waals surface area contributed by atoms with Gasteiger partial charge in [-0.3, -0.25) is 4.98 Å². The molecule has 2 N–H and O–H groups in total. The summed E-state index contributed by atoms with van der Waals surface area (Å²) in [5, 5.41) is 0.752. The van der Waals surface area contributed by atoms with Crippen molar-refractivity contribution in [2.45, 2.75) is 18.8 Å². The molecule has 0 amide bonds. The zero-order valence-corrected chi connectivity index (χ0v) is 14.3. The van der Waals surface area contributed by atoms with Crippen LogP contribution < -0.4 is 5.73 Å². The summed E-state index contributed by atoms with van der Waals surface area (Å²) in [6, 6.07) is 11.9. The molecule has 2 nitrogen and oxygen atoms in total. The Balaban J connectivity index is 0.00000200. The molecule has 0 aliphatic rings. The van der Waals surface area contributed by atoms with Crippen molar-refractivity contribution in [1.82, 2.24) is 4.98 Å². The molecule has 2 atom stereocenters. The number of hydrogen-bond donors (Lipinski definition) is 1. The van der Waals surface area contributed by atoms with Crippen LogP contribution in [0.1, 0.15) is 30.0 Å². The SMILES string of the molecule is CC(c1ccc(Cl)cc1)C(CN)c1ccc(Br)cn1.Cl. The second-order valence-corrected chi connectivity index (χ2v) is 5.94. The quantitative estimate of drug-likeness (QED) is 0.836. The first kappa shape index (κ1) is 17.4. The van der Waals surface area contributed by atoms with Gasteiger partial charge >= 0.3 is 0 Å². The van der Waals surface area contributed by atoms with E-state index in [-0.39, 0.29) is 18.3 Å². The van der Waals surface area contributed by atoms with Gasteiger partial charge in [-0.1, -0.05) is 30.7 Å². The Bertz CT molecular complexity index is 529. The predicted octanol–water partition coefficient (Wildman–Crippen LogP) is 4.77. The molecular weight excluding hydrogens is 359 g/mol. The Kier molecular flexibility index (Phi) is 6.96. The van der Waals surface area contributed by atoms with Crippen LogP contribution in [0.3, 0.4) is 0 Å². The highest BCUT2D eigenvalue weighted by Crippen LogP contribution is 2.31. The maximum atomic E-state index is 5.93. The lowest BCUT2D eigenvalue weighted by Gasteiger charge is -2.22. The Morgan fingerprint density at radius 2 is 1.85 bits per heavy atom. The zero-order chi connectivity index (χ0) is 13.8. The Hall–Kier alpha value is -0.610. The van der Waals surface area contributed by atoms with Gasteiger partial charge in [0.1, 0.15) is 0 Å². The lowest BCUT2D eigenvalue weighted by molar-refractivity contribution is 0.570. The van der Waals surface area contributed by atoms with E-state index in [1.54, 1.807) is 0 Å². The van der Waals surface area contributed by atoms with E-state index < -0.39 is 0 Å². The number of benzene rings is 1. The summed E-state index contributed by atoms with van der Waals surface area (Å²) in [5.74, 6) is 0.505. The molecule has 1 heterocycles. The average molecular weight is 376 g/mol. The second-order valence-electron chi connectivity index (χ2n) is 4.58. The van der Waals surface area contributed by atoms with Gasteiger partial charge in [0.25, 0.3) is 0 Å².